The summed E-state index contributed by atoms with van der Waals surface area (Å²) in [6.45, 7) is 3.98. The van der Waals surface area contributed by atoms with Crippen molar-refractivity contribution in [3.63, 3.8) is 0 Å². The molecule has 1 saturated heterocycles. The Morgan fingerprint density at radius 3 is 2.93 bits per heavy atom. The molecule has 0 N–H and O–H groups in total. The Morgan fingerprint density at radius 2 is 2.36 bits per heavy atom. The van der Waals surface area contributed by atoms with Crippen LogP contribution in [-0.4, -0.2) is 39.7 Å². The SMILES string of the molecule is Clc1cnn(CCN2CCC(Cl)C2)c1. The molecular formula is C9H13Cl2N3. The summed E-state index contributed by atoms with van der Waals surface area (Å²) in [4.78, 5) is 2.35. The molecule has 1 unspecified atom stereocenters. The van der Waals surface area contributed by atoms with Crippen LogP contribution in [0.1, 0.15) is 6.42 Å². The van der Waals surface area contributed by atoms with Crippen molar-refractivity contribution in [2.75, 3.05) is 19.6 Å². The highest BCUT2D eigenvalue weighted by Gasteiger charge is 2.19. The zero-order chi connectivity index (χ0) is 9.97. The average molecular weight is 234 g/mol. The fourth-order valence-electron chi connectivity index (χ4n) is 1.69. The summed E-state index contributed by atoms with van der Waals surface area (Å²) in [6.07, 6.45) is 4.60. The number of likely N-dealkylation sites (tertiary alicyclic amines) is 1. The summed E-state index contributed by atoms with van der Waals surface area (Å²) in [5.74, 6) is 0. The van der Waals surface area contributed by atoms with Crippen LogP contribution in [-0.2, 0) is 6.54 Å². The van der Waals surface area contributed by atoms with Gasteiger partial charge in [0, 0.05) is 24.7 Å². The van der Waals surface area contributed by atoms with Gasteiger partial charge in [-0.1, -0.05) is 11.6 Å². The van der Waals surface area contributed by atoms with E-state index in [1.54, 1.807) is 6.20 Å². The van der Waals surface area contributed by atoms with Crippen LogP contribution < -0.4 is 0 Å². The van der Waals surface area contributed by atoms with Crippen molar-refractivity contribution in [3.05, 3.63) is 17.4 Å². The van der Waals surface area contributed by atoms with E-state index >= 15 is 0 Å². The lowest BCUT2D eigenvalue weighted by atomic mass is 10.4. The first-order valence-electron chi connectivity index (χ1n) is 4.78. The normalized spacial score (nSPS) is 23.1. The van der Waals surface area contributed by atoms with Gasteiger partial charge in [0.05, 0.1) is 17.8 Å². The minimum atomic E-state index is 0.330. The van der Waals surface area contributed by atoms with Gasteiger partial charge in [-0.3, -0.25) is 9.58 Å². The van der Waals surface area contributed by atoms with Crippen molar-refractivity contribution in [1.82, 2.24) is 14.7 Å². The van der Waals surface area contributed by atoms with Crippen molar-refractivity contribution in [1.29, 1.82) is 0 Å². The second-order valence-electron chi connectivity index (χ2n) is 3.61. The molecule has 2 heterocycles. The first kappa shape index (κ1) is 10.3. The van der Waals surface area contributed by atoms with Gasteiger partial charge in [0.25, 0.3) is 0 Å². The molecule has 78 valence electrons. The Bertz CT molecular complexity index is 300. The number of alkyl halides is 1. The third kappa shape index (κ3) is 2.62. The van der Waals surface area contributed by atoms with Crippen molar-refractivity contribution in [2.24, 2.45) is 0 Å². The molecule has 0 bridgehead atoms. The average Bonchev–Trinajstić information content (AvgIpc) is 2.72. The topological polar surface area (TPSA) is 21.1 Å². The molecule has 0 saturated carbocycles. The highest BCUT2D eigenvalue weighted by atomic mass is 35.5. The zero-order valence-electron chi connectivity index (χ0n) is 7.87. The number of hydrogen-bond acceptors (Lipinski definition) is 2. The quantitative estimate of drug-likeness (QED) is 0.744. The van der Waals surface area contributed by atoms with E-state index in [9.17, 15) is 0 Å². The lowest BCUT2D eigenvalue weighted by Gasteiger charge is -2.14. The Morgan fingerprint density at radius 1 is 1.50 bits per heavy atom. The predicted molar refractivity (Wildman–Crippen MR) is 57.9 cm³/mol. The van der Waals surface area contributed by atoms with Gasteiger partial charge in [0.1, 0.15) is 0 Å². The molecule has 0 aromatic carbocycles. The van der Waals surface area contributed by atoms with Gasteiger partial charge in [-0.2, -0.15) is 5.10 Å². The van der Waals surface area contributed by atoms with Crippen LogP contribution in [0.25, 0.3) is 0 Å². The third-order valence-electron chi connectivity index (χ3n) is 2.46. The molecule has 0 aliphatic carbocycles. The van der Waals surface area contributed by atoms with Crippen LogP contribution in [0.3, 0.4) is 0 Å². The number of hydrogen-bond donors (Lipinski definition) is 0. The van der Waals surface area contributed by atoms with E-state index < -0.39 is 0 Å². The standard InChI is InChI=1S/C9H13Cl2N3/c10-8-1-2-13(6-8)3-4-14-7-9(11)5-12-14/h5,7-8H,1-4,6H2. The molecule has 1 atom stereocenters. The van der Waals surface area contributed by atoms with Crippen LogP contribution in [0.15, 0.2) is 12.4 Å². The summed E-state index contributed by atoms with van der Waals surface area (Å²) in [5.41, 5.74) is 0. The summed E-state index contributed by atoms with van der Waals surface area (Å²) >= 11 is 11.8. The van der Waals surface area contributed by atoms with Gasteiger partial charge in [-0.05, 0) is 13.0 Å². The Kier molecular flexibility index (Phi) is 3.31. The van der Waals surface area contributed by atoms with E-state index in [0.29, 0.717) is 10.4 Å². The summed E-state index contributed by atoms with van der Waals surface area (Å²) in [7, 11) is 0. The van der Waals surface area contributed by atoms with Crippen LogP contribution >= 0.6 is 23.2 Å². The molecule has 1 aliphatic rings. The Labute approximate surface area is 93.6 Å². The van der Waals surface area contributed by atoms with Crippen LogP contribution in [0, 0.1) is 0 Å². The summed E-state index contributed by atoms with van der Waals surface area (Å²) < 4.78 is 1.86. The Balaban J connectivity index is 1.77. The molecular weight excluding hydrogens is 221 g/mol. The minimum absolute atomic E-state index is 0.330. The maximum atomic E-state index is 6.01. The van der Waals surface area contributed by atoms with Gasteiger partial charge in [-0.25, -0.2) is 0 Å². The van der Waals surface area contributed by atoms with Gasteiger partial charge in [0.15, 0.2) is 0 Å². The number of nitrogens with zero attached hydrogens (tertiary/aromatic N) is 3. The highest BCUT2D eigenvalue weighted by molar-refractivity contribution is 6.30. The lowest BCUT2D eigenvalue weighted by Crippen LogP contribution is -2.25. The largest absolute Gasteiger partial charge is 0.300 e. The number of aromatic nitrogens is 2. The fraction of sp³-hybridized carbons (Fsp3) is 0.667. The first-order valence-corrected chi connectivity index (χ1v) is 5.60. The van der Waals surface area contributed by atoms with E-state index in [0.717, 1.165) is 32.6 Å². The molecule has 14 heavy (non-hydrogen) atoms. The highest BCUT2D eigenvalue weighted by Crippen LogP contribution is 2.14. The molecule has 1 aliphatic heterocycles. The van der Waals surface area contributed by atoms with Gasteiger partial charge >= 0.3 is 0 Å². The van der Waals surface area contributed by atoms with Gasteiger partial charge in [0.2, 0.25) is 0 Å². The van der Waals surface area contributed by atoms with Crippen molar-refractivity contribution in [2.45, 2.75) is 18.3 Å². The smallest absolute Gasteiger partial charge is 0.0785 e. The molecule has 2 rings (SSSR count). The van der Waals surface area contributed by atoms with Crippen LogP contribution in [0.2, 0.25) is 5.02 Å². The third-order valence-corrected chi connectivity index (χ3v) is 3.01. The van der Waals surface area contributed by atoms with E-state index in [2.05, 4.69) is 10.00 Å². The van der Waals surface area contributed by atoms with Crippen molar-refractivity contribution >= 4 is 23.2 Å². The van der Waals surface area contributed by atoms with Crippen LogP contribution in [0.5, 0.6) is 0 Å². The van der Waals surface area contributed by atoms with E-state index in [1.165, 1.54) is 0 Å². The molecule has 3 nitrogen and oxygen atoms in total. The maximum Gasteiger partial charge on any atom is 0.0785 e. The zero-order valence-corrected chi connectivity index (χ0v) is 9.38. The minimum Gasteiger partial charge on any atom is -0.300 e. The second-order valence-corrected chi connectivity index (χ2v) is 4.66. The monoisotopic (exact) mass is 233 g/mol. The van der Waals surface area contributed by atoms with E-state index in [4.69, 9.17) is 23.2 Å². The van der Waals surface area contributed by atoms with Gasteiger partial charge < -0.3 is 0 Å². The number of rotatable bonds is 3. The first-order chi connectivity index (χ1) is 6.74. The van der Waals surface area contributed by atoms with Crippen molar-refractivity contribution < 1.29 is 0 Å². The predicted octanol–water partition coefficient (Wildman–Crippen LogP) is 1.85. The fourth-order valence-corrected chi connectivity index (χ4v) is 2.14. The maximum absolute atomic E-state index is 6.01. The molecule has 1 aromatic rings. The van der Waals surface area contributed by atoms with Crippen LogP contribution in [0.4, 0.5) is 0 Å². The van der Waals surface area contributed by atoms with Crippen molar-refractivity contribution in [3.8, 4) is 0 Å². The van der Waals surface area contributed by atoms with E-state index in [-0.39, 0.29) is 0 Å². The lowest BCUT2D eigenvalue weighted by molar-refractivity contribution is 0.316. The molecule has 0 radical (unpaired) electrons. The molecule has 0 amide bonds. The number of halogens is 2. The Hall–Kier alpha value is -0.250. The molecule has 1 aromatic heterocycles. The molecule has 0 spiro atoms. The molecule has 5 heteroatoms. The van der Waals surface area contributed by atoms with Gasteiger partial charge in [-0.15, -0.1) is 11.6 Å². The summed E-state index contributed by atoms with van der Waals surface area (Å²) in [6, 6.07) is 0. The summed E-state index contributed by atoms with van der Waals surface area (Å²) in [5, 5.41) is 5.15. The molecule has 1 fully saturated rings. The second kappa shape index (κ2) is 4.51. The van der Waals surface area contributed by atoms with E-state index in [1.807, 2.05) is 10.9 Å².